The second kappa shape index (κ2) is 3.77. The lowest BCUT2D eigenvalue weighted by Crippen LogP contribution is -2.43. The van der Waals surface area contributed by atoms with Crippen molar-refractivity contribution in [3.63, 3.8) is 0 Å². The summed E-state index contributed by atoms with van der Waals surface area (Å²) >= 11 is 1.63. The Morgan fingerprint density at radius 1 is 1.54 bits per heavy atom. The Hall–Kier alpha value is -1.05. The second-order valence-corrected chi connectivity index (χ2v) is 3.73. The molecule has 0 amide bonds. The fraction of sp³-hybridized carbons (Fsp3) is 0.444. The van der Waals surface area contributed by atoms with Gasteiger partial charge in [-0.1, -0.05) is 0 Å². The molecule has 0 atom stereocenters. The van der Waals surface area contributed by atoms with Crippen LogP contribution in [-0.4, -0.2) is 31.2 Å². The Bertz CT molecular complexity index is 320. The third kappa shape index (κ3) is 1.82. The number of hydrogen-bond acceptors (Lipinski definition) is 4. The molecule has 0 radical (unpaired) electrons. The summed E-state index contributed by atoms with van der Waals surface area (Å²) in [5.41, 5.74) is 0.749. The van der Waals surface area contributed by atoms with Crippen LogP contribution in [0.25, 0.3) is 0 Å². The fourth-order valence-electron chi connectivity index (χ4n) is 1.33. The van der Waals surface area contributed by atoms with E-state index in [1.807, 2.05) is 5.38 Å². The van der Waals surface area contributed by atoms with Gasteiger partial charge in [0.1, 0.15) is 5.69 Å². The minimum absolute atomic E-state index is 0.749. The molecule has 0 bridgehead atoms. The summed E-state index contributed by atoms with van der Waals surface area (Å²) in [4.78, 5) is 6.60. The molecule has 0 unspecified atom stereocenters. The van der Waals surface area contributed by atoms with E-state index < -0.39 is 0 Å². The minimum atomic E-state index is 0.749. The molecule has 1 saturated heterocycles. The predicted molar refractivity (Wildman–Crippen MR) is 55.1 cm³/mol. The number of piperazine rings is 1. The Kier molecular flexibility index (Phi) is 2.48. The highest BCUT2D eigenvalue weighted by atomic mass is 32.1. The van der Waals surface area contributed by atoms with Crippen LogP contribution >= 0.6 is 11.3 Å². The van der Waals surface area contributed by atoms with E-state index >= 15 is 0 Å². The molecular formula is C9H11N3S. The van der Waals surface area contributed by atoms with Crippen LogP contribution in [0.1, 0.15) is 5.69 Å². The van der Waals surface area contributed by atoms with Gasteiger partial charge >= 0.3 is 0 Å². The van der Waals surface area contributed by atoms with Crippen molar-refractivity contribution in [2.45, 2.75) is 0 Å². The molecule has 0 aliphatic carbocycles. The van der Waals surface area contributed by atoms with E-state index in [2.05, 4.69) is 21.1 Å². The zero-order chi connectivity index (χ0) is 9.10. The summed E-state index contributed by atoms with van der Waals surface area (Å²) < 4.78 is 0. The number of terminal acetylenes is 1. The summed E-state index contributed by atoms with van der Waals surface area (Å²) in [6.07, 6.45) is 5.26. The zero-order valence-corrected chi connectivity index (χ0v) is 8.10. The standard InChI is InChI=1S/C9H11N3S/c1-2-8-7-13-9(11-8)12-5-3-10-4-6-12/h1,7,10H,3-6H2. The maximum absolute atomic E-state index is 5.26. The number of nitrogens with one attached hydrogen (secondary N) is 1. The van der Waals surface area contributed by atoms with Crippen molar-refractivity contribution in [3.8, 4) is 12.3 Å². The van der Waals surface area contributed by atoms with Crippen LogP contribution in [0.4, 0.5) is 5.13 Å². The molecule has 0 aromatic carbocycles. The van der Waals surface area contributed by atoms with Crippen LogP contribution in [0.15, 0.2) is 5.38 Å². The lowest BCUT2D eigenvalue weighted by atomic mass is 10.4. The molecule has 3 nitrogen and oxygen atoms in total. The Labute approximate surface area is 81.8 Å². The third-order valence-electron chi connectivity index (χ3n) is 2.03. The largest absolute Gasteiger partial charge is 0.346 e. The van der Waals surface area contributed by atoms with E-state index in [1.54, 1.807) is 11.3 Å². The molecule has 0 spiro atoms. The first-order valence-electron chi connectivity index (χ1n) is 4.28. The number of thiazole rings is 1. The first-order chi connectivity index (χ1) is 6.40. The third-order valence-corrected chi connectivity index (χ3v) is 2.93. The summed E-state index contributed by atoms with van der Waals surface area (Å²) in [6.45, 7) is 4.12. The first-order valence-corrected chi connectivity index (χ1v) is 5.16. The Balaban J connectivity index is 2.11. The first kappa shape index (κ1) is 8.54. The van der Waals surface area contributed by atoms with E-state index in [9.17, 15) is 0 Å². The van der Waals surface area contributed by atoms with Crippen molar-refractivity contribution in [2.24, 2.45) is 0 Å². The molecule has 0 saturated carbocycles. The molecule has 1 aliphatic rings. The van der Waals surface area contributed by atoms with Crippen LogP contribution < -0.4 is 10.2 Å². The van der Waals surface area contributed by atoms with Gasteiger partial charge in [0.05, 0.1) is 0 Å². The van der Waals surface area contributed by atoms with Crippen LogP contribution in [0.5, 0.6) is 0 Å². The summed E-state index contributed by atoms with van der Waals surface area (Å²) in [5, 5.41) is 6.28. The molecule has 1 N–H and O–H groups in total. The van der Waals surface area contributed by atoms with Crippen molar-refractivity contribution < 1.29 is 0 Å². The molecule has 4 heteroatoms. The number of aromatic nitrogens is 1. The predicted octanol–water partition coefficient (Wildman–Crippen LogP) is 0.534. The average Bonchev–Trinajstić information content (AvgIpc) is 2.67. The van der Waals surface area contributed by atoms with Crippen molar-refractivity contribution in [3.05, 3.63) is 11.1 Å². The van der Waals surface area contributed by atoms with Gasteiger partial charge in [-0.3, -0.25) is 0 Å². The van der Waals surface area contributed by atoms with E-state index in [-0.39, 0.29) is 0 Å². The van der Waals surface area contributed by atoms with E-state index in [4.69, 9.17) is 6.42 Å². The van der Waals surface area contributed by atoms with Gasteiger partial charge in [0, 0.05) is 31.6 Å². The molecule has 13 heavy (non-hydrogen) atoms. The van der Waals surface area contributed by atoms with Crippen molar-refractivity contribution >= 4 is 16.5 Å². The summed E-state index contributed by atoms with van der Waals surface area (Å²) in [6, 6.07) is 0. The van der Waals surface area contributed by atoms with E-state index in [1.165, 1.54) is 0 Å². The fourth-order valence-corrected chi connectivity index (χ4v) is 2.15. The summed E-state index contributed by atoms with van der Waals surface area (Å²) in [5.74, 6) is 2.54. The lowest BCUT2D eigenvalue weighted by molar-refractivity contribution is 0.588. The molecule has 1 fully saturated rings. The van der Waals surface area contributed by atoms with Crippen LogP contribution in [0, 0.1) is 12.3 Å². The van der Waals surface area contributed by atoms with E-state index in [0.717, 1.165) is 37.0 Å². The highest BCUT2D eigenvalue weighted by Gasteiger charge is 2.12. The second-order valence-electron chi connectivity index (χ2n) is 2.90. The monoisotopic (exact) mass is 193 g/mol. The quantitative estimate of drug-likeness (QED) is 0.660. The topological polar surface area (TPSA) is 28.2 Å². The van der Waals surface area contributed by atoms with Gasteiger partial charge in [-0.05, 0) is 5.92 Å². The van der Waals surface area contributed by atoms with Crippen molar-refractivity contribution in [2.75, 3.05) is 31.1 Å². The molecule has 1 aromatic heterocycles. The van der Waals surface area contributed by atoms with Gasteiger partial charge in [0.2, 0.25) is 0 Å². The molecule has 1 aromatic rings. The SMILES string of the molecule is C#Cc1csc(N2CCNCC2)n1. The Morgan fingerprint density at radius 3 is 2.92 bits per heavy atom. The minimum Gasteiger partial charge on any atom is -0.346 e. The van der Waals surface area contributed by atoms with Crippen LogP contribution in [0.2, 0.25) is 0 Å². The maximum Gasteiger partial charge on any atom is 0.186 e. The van der Waals surface area contributed by atoms with Crippen molar-refractivity contribution in [1.82, 2.24) is 10.3 Å². The average molecular weight is 193 g/mol. The molecule has 2 heterocycles. The normalized spacial score (nSPS) is 17.0. The lowest BCUT2D eigenvalue weighted by Gasteiger charge is -2.26. The number of nitrogens with zero attached hydrogens (tertiary/aromatic N) is 2. The van der Waals surface area contributed by atoms with Gasteiger partial charge in [-0.25, -0.2) is 4.98 Å². The van der Waals surface area contributed by atoms with Gasteiger partial charge in [0.15, 0.2) is 5.13 Å². The number of rotatable bonds is 1. The van der Waals surface area contributed by atoms with Gasteiger partial charge < -0.3 is 10.2 Å². The molecule has 2 rings (SSSR count). The molecular weight excluding hydrogens is 182 g/mol. The van der Waals surface area contributed by atoms with Gasteiger partial charge in [-0.15, -0.1) is 17.8 Å². The summed E-state index contributed by atoms with van der Waals surface area (Å²) in [7, 11) is 0. The maximum atomic E-state index is 5.26. The molecule has 1 aliphatic heterocycles. The number of hydrogen-bond donors (Lipinski definition) is 1. The van der Waals surface area contributed by atoms with Gasteiger partial charge in [-0.2, -0.15) is 0 Å². The highest BCUT2D eigenvalue weighted by molar-refractivity contribution is 7.13. The highest BCUT2D eigenvalue weighted by Crippen LogP contribution is 2.19. The van der Waals surface area contributed by atoms with E-state index in [0.29, 0.717) is 0 Å². The van der Waals surface area contributed by atoms with Crippen molar-refractivity contribution in [1.29, 1.82) is 0 Å². The zero-order valence-electron chi connectivity index (χ0n) is 7.29. The van der Waals surface area contributed by atoms with Crippen LogP contribution in [-0.2, 0) is 0 Å². The molecule has 68 valence electrons. The van der Waals surface area contributed by atoms with Crippen LogP contribution in [0.3, 0.4) is 0 Å². The number of anilines is 1. The van der Waals surface area contributed by atoms with Gasteiger partial charge in [0.25, 0.3) is 0 Å². The smallest absolute Gasteiger partial charge is 0.186 e. The Morgan fingerprint density at radius 2 is 2.31 bits per heavy atom.